The van der Waals surface area contributed by atoms with Crippen LogP contribution in [-0.4, -0.2) is 33.2 Å². The first kappa shape index (κ1) is 22.7. The molecule has 0 radical (unpaired) electrons. The summed E-state index contributed by atoms with van der Waals surface area (Å²) in [6, 6.07) is 11.5. The molecular formula is C22H30N2O4S. The second kappa shape index (κ2) is 9.31. The average molecular weight is 419 g/mol. The Morgan fingerprint density at radius 3 is 2.21 bits per heavy atom. The van der Waals surface area contributed by atoms with Crippen molar-refractivity contribution in [3.63, 3.8) is 0 Å². The number of carbonyl (C=O) groups excluding carboxylic acids is 1. The summed E-state index contributed by atoms with van der Waals surface area (Å²) in [5.41, 5.74) is 3.71. The number of carbonyl (C=O) groups is 1. The van der Waals surface area contributed by atoms with Crippen LogP contribution in [0.25, 0.3) is 0 Å². The number of nitrogens with one attached hydrogen (secondary N) is 1. The Kier molecular flexibility index (Phi) is 7.30. The summed E-state index contributed by atoms with van der Waals surface area (Å²) in [5, 5.41) is 2.93. The van der Waals surface area contributed by atoms with E-state index in [-0.39, 0.29) is 11.9 Å². The maximum Gasteiger partial charge on any atom is 0.244 e. The van der Waals surface area contributed by atoms with E-state index in [1.807, 2.05) is 45.9 Å². The minimum Gasteiger partial charge on any atom is -0.494 e. The summed E-state index contributed by atoms with van der Waals surface area (Å²) in [6.45, 7) is 9.92. The molecule has 0 bridgehead atoms. The van der Waals surface area contributed by atoms with Crippen molar-refractivity contribution in [2.45, 2.75) is 46.7 Å². The van der Waals surface area contributed by atoms with Gasteiger partial charge in [0.2, 0.25) is 15.9 Å². The van der Waals surface area contributed by atoms with E-state index in [2.05, 4.69) is 5.32 Å². The molecule has 0 saturated carbocycles. The van der Waals surface area contributed by atoms with Gasteiger partial charge in [-0.3, -0.25) is 9.10 Å². The van der Waals surface area contributed by atoms with Crippen LogP contribution in [0.1, 0.15) is 43.5 Å². The van der Waals surface area contributed by atoms with Crippen LogP contribution >= 0.6 is 0 Å². The topological polar surface area (TPSA) is 75.7 Å². The van der Waals surface area contributed by atoms with Gasteiger partial charge in [0, 0.05) is 0 Å². The van der Waals surface area contributed by atoms with E-state index in [1.165, 1.54) is 5.56 Å². The second-order valence-electron chi connectivity index (χ2n) is 7.24. The number of anilines is 1. The number of benzene rings is 2. The highest BCUT2D eigenvalue weighted by Crippen LogP contribution is 2.25. The third-order valence-electron chi connectivity index (χ3n) is 4.88. The Labute approximate surface area is 173 Å². The highest BCUT2D eigenvalue weighted by Gasteiger charge is 2.30. The van der Waals surface area contributed by atoms with Gasteiger partial charge < -0.3 is 10.1 Å². The molecule has 2 atom stereocenters. The van der Waals surface area contributed by atoms with Gasteiger partial charge in [0.05, 0.1) is 24.6 Å². The monoisotopic (exact) mass is 418 g/mol. The summed E-state index contributed by atoms with van der Waals surface area (Å²) in [7, 11) is -3.67. The first-order valence-corrected chi connectivity index (χ1v) is 11.5. The zero-order valence-corrected chi connectivity index (χ0v) is 18.7. The second-order valence-corrected chi connectivity index (χ2v) is 9.10. The molecule has 1 N–H and O–H groups in total. The molecule has 6 nitrogen and oxygen atoms in total. The van der Waals surface area contributed by atoms with Crippen molar-refractivity contribution in [1.29, 1.82) is 0 Å². The molecule has 158 valence electrons. The Hall–Kier alpha value is -2.54. The maximum absolute atomic E-state index is 12.9. The van der Waals surface area contributed by atoms with Crippen molar-refractivity contribution in [3.05, 3.63) is 59.2 Å². The predicted octanol–water partition coefficient (Wildman–Crippen LogP) is 3.73. The van der Waals surface area contributed by atoms with Gasteiger partial charge in [0.15, 0.2) is 0 Å². The molecule has 1 amide bonds. The normalized spacial score (nSPS) is 13.4. The molecule has 0 fully saturated rings. The third-order valence-corrected chi connectivity index (χ3v) is 6.12. The fraction of sp³-hybridized carbons (Fsp3) is 0.409. The van der Waals surface area contributed by atoms with Crippen molar-refractivity contribution in [1.82, 2.24) is 5.32 Å². The minimum absolute atomic E-state index is 0.244. The first-order valence-electron chi connectivity index (χ1n) is 9.64. The molecular weight excluding hydrogens is 388 g/mol. The summed E-state index contributed by atoms with van der Waals surface area (Å²) < 4.78 is 31.4. The van der Waals surface area contributed by atoms with Crippen LogP contribution in [-0.2, 0) is 14.8 Å². The largest absolute Gasteiger partial charge is 0.494 e. The van der Waals surface area contributed by atoms with E-state index in [9.17, 15) is 13.2 Å². The average Bonchev–Trinajstić information content (AvgIpc) is 2.64. The Morgan fingerprint density at radius 1 is 1.07 bits per heavy atom. The molecule has 0 aliphatic carbocycles. The van der Waals surface area contributed by atoms with Gasteiger partial charge in [-0.05, 0) is 75.6 Å². The summed E-state index contributed by atoms with van der Waals surface area (Å²) in [6.07, 6.45) is 1.10. The molecule has 0 unspecified atom stereocenters. The number of amides is 1. The molecule has 2 rings (SSSR count). The lowest BCUT2D eigenvalue weighted by molar-refractivity contribution is -0.122. The summed E-state index contributed by atoms with van der Waals surface area (Å²) in [4.78, 5) is 12.9. The number of nitrogens with zero attached hydrogens (tertiary/aromatic N) is 1. The fourth-order valence-corrected chi connectivity index (χ4v) is 4.29. The summed E-state index contributed by atoms with van der Waals surface area (Å²) >= 11 is 0. The highest BCUT2D eigenvalue weighted by molar-refractivity contribution is 7.92. The molecule has 0 aliphatic heterocycles. The van der Waals surface area contributed by atoms with Crippen molar-refractivity contribution < 1.29 is 17.9 Å². The van der Waals surface area contributed by atoms with E-state index < -0.39 is 16.1 Å². The van der Waals surface area contributed by atoms with Gasteiger partial charge in [-0.25, -0.2) is 8.42 Å². The molecule has 2 aromatic rings. The molecule has 0 aliphatic rings. The van der Waals surface area contributed by atoms with Crippen LogP contribution in [0.4, 0.5) is 5.69 Å². The number of rotatable bonds is 8. The Morgan fingerprint density at radius 2 is 1.69 bits per heavy atom. The number of hydrogen-bond acceptors (Lipinski definition) is 4. The summed E-state index contributed by atoms with van der Waals surface area (Å²) in [5.74, 6) is 0.278. The molecule has 29 heavy (non-hydrogen) atoms. The van der Waals surface area contributed by atoms with E-state index in [0.29, 0.717) is 18.0 Å². The fourth-order valence-electron chi connectivity index (χ4n) is 3.12. The lowest BCUT2D eigenvalue weighted by Crippen LogP contribution is -2.48. The highest BCUT2D eigenvalue weighted by atomic mass is 32.2. The van der Waals surface area contributed by atoms with Crippen LogP contribution in [0.2, 0.25) is 0 Å². The molecule has 2 aromatic carbocycles. The Bertz CT molecular complexity index is 955. The Balaban J connectivity index is 2.23. The lowest BCUT2D eigenvalue weighted by Gasteiger charge is -2.29. The van der Waals surface area contributed by atoms with Gasteiger partial charge in [-0.15, -0.1) is 0 Å². The first-order chi connectivity index (χ1) is 13.5. The zero-order valence-electron chi connectivity index (χ0n) is 17.9. The molecule has 0 saturated heterocycles. The van der Waals surface area contributed by atoms with E-state index in [1.54, 1.807) is 31.2 Å². The van der Waals surface area contributed by atoms with Crippen molar-refractivity contribution in [2.75, 3.05) is 17.2 Å². The molecule has 0 spiro atoms. The molecule has 0 heterocycles. The standard InChI is InChI=1S/C22H30N2O4S/c1-7-28-21-12-10-20(11-13-21)24(29(6,26)27)18(5)22(25)23-17(4)19-9-8-15(2)16(3)14-19/h8-14,17-18H,7H2,1-6H3,(H,23,25)/t17-,18-/m0/s1. The number of hydrogen-bond donors (Lipinski definition) is 1. The quantitative estimate of drug-likeness (QED) is 0.709. The van der Waals surface area contributed by atoms with Gasteiger partial charge in [0.25, 0.3) is 0 Å². The minimum atomic E-state index is -3.67. The molecule has 0 aromatic heterocycles. The van der Waals surface area contributed by atoms with Gasteiger partial charge in [0.1, 0.15) is 11.8 Å². The lowest BCUT2D eigenvalue weighted by atomic mass is 10.0. The van der Waals surface area contributed by atoms with Crippen LogP contribution in [0.3, 0.4) is 0 Å². The van der Waals surface area contributed by atoms with Crippen molar-refractivity contribution in [2.24, 2.45) is 0 Å². The van der Waals surface area contributed by atoms with Crippen LogP contribution in [0.15, 0.2) is 42.5 Å². The number of sulfonamides is 1. The predicted molar refractivity (Wildman–Crippen MR) is 117 cm³/mol. The van der Waals surface area contributed by atoms with E-state index in [0.717, 1.165) is 21.7 Å². The van der Waals surface area contributed by atoms with Gasteiger partial charge in [-0.2, -0.15) is 0 Å². The van der Waals surface area contributed by atoms with Crippen LogP contribution in [0.5, 0.6) is 5.75 Å². The van der Waals surface area contributed by atoms with Gasteiger partial charge in [-0.1, -0.05) is 18.2 Å². The molecule has 7 heteroatoms. The van der Waals surface area contributed by atoms with E-state index >= 15 is 0 Å². The SMILES string of the molecule is CCOc1ccc(N([C@@H](C)C(=O)N[C@@H](C)c2ccc(C)c(C)c2)S(C)(=O)=O)cc1. The zero-order chi connectivity index (χ0) is 21.8. The number of ether oxygens (including phenoxy) is 1. The maximum atomic E-state index is 12.9. The van der Waals surface area contributed by atoms with Crippen LogP contribution in [0, 0.1) is 13.8 Å². The van der Waals surface area contributed by atoms with Crippen molar-refractivity contribution in [3.8, 4) is 5.75 Å². The van der Waals surface area contributed by atoms with Crippen LogP contribution < -0.4 is 14.4 Å². The van der Waals surface area contributed by atoms with Crippen molar-refractivity contribution >= 4 is 21.6 Å². The smallest absolute Gasteiger partial charge is 0.244 e. The number of aryl methyl sites for hydroxylation is 2. The van der Waals surface area contributed by atoms with E-state index in [4.69, 9.17) is 4.74 Å². The van der Waals surface area contributed by atoms with Gasteiger partial charge >= 0.3 is 0 Å². The third kappa shape index (κ3) is 5.73.